The van der Waals surface area contributed by atoms with Crippen LogP contribution in [0.4, 0.5) is 4.79 Å². The normalized spacial score (nSPS) is 25.2. The summed E-state index contributed by atoms with van der Waals surface area (Å²) in [6.07, 6.45) is 4.85. The van der Waals surface area contributed by atoms with Crippen molar-refractivity contribution < 1.29 is 9.90 Å². The molecule has 1 saturated carbocycles. The molecule has 0 heterocycles. The van der Waals surface area contributed by atoms with E-state index >= 15 is 0 Å². The molecule has 0 aromatic heterocycles. The zero-order valence-corrected chi connectivity index (χ0v) is 9.46. The Morgan fingerprint density at radius 3 is 2.80 bits per heavy atom. The molecule has 2 atom stereocenters. The summed E-state index contributed by atoms with van der Waals surface area (Å²) in [6, 6.07) is -0.109. The number of amides is 2. The minimum absolute atomic E-state index is 0.109. The van der Waals surface area contributed by atoms with Gasteiger partial charge in [-0.25, -0.2) is 4.79 Å². The fraction of sp³-hybridized carbons (Fsp3) is 0.909. The van der Waals surface area contributed by atoms with Crippen molar-refractivity contribution in [1.29, 1.82) is 0 Å². The number of carbonyl (C=O) groups excluding carboxylic acids is 1. The summed E-state index contributed by atoms with van der Waals surface area (Å²) in [5.74, 6) is 0.252. The van der Waals surface area contributed by atoms with Crippen molar-refractivity contribution in [2.24, 2.45) is 5.92 Å². The molecule has 1 aliphatic rings. The van der Waals surface area contributed by atoms with Crippen molar-refractivity contribution >= 4 is 6.03 Å². The summed E-state index contributed by atoms with van der Waals surface area (Å²) >= 11 is 0. The number of hydrogen-bond acceptors (Lipinski definition) is 2. The minimum atomic E-state index is -0.221. The zero-order chi connectivity index (χ0) is 11.1. The molecule has 3 N–H and O–H groups in total. The van der Waals surface area contributed by atoms with E-state index in [0.717, 1.165) is 38.6 Å². The Morgan fingerprint density at radius 2 is 2.20 bits per heavy atom. The van der Waals surface area contributed by atoms with E-state index in [9.17, 15) is 9.90 Å². The molecule has 0 aromatic carbocycles. The van der Waals surface area contributed by atoms with E-state index in [-0.39, 0.29) is 18.1 Å². The van der Waals surface area contributed by atoms with E-state index in [2.05, 4.69) is 17.6 Å². The number of hydrogen-bond donors (Lipinski definition) is 3. The molecule has 15 heavy (non-hydrogen) atoms. The largest absolute Gasteiger partial charge is 0.393 e. The molecule has 4 heteroatoms. The average Bonchev–Trinajstić information content (AvgIpc) is 2.61. The molecule has 2 unspecified atom stereocenters. The summed E-state index contributed by atoms with van der Waals surface area (Å²) in [4.78, 5) is 11.3. The SMILES string of the molecule is CCCCNC(=O)NCC1CCCC1O. The minimum Gasteiger partial charge on any atom is -0.393 e. The molecule has 1 fully saturated rings. The molecule has 2 amide bonds. The second kappa shape index (κ2) is 6.67. The monoisotopic (exact) mass is 214 g/mol. The smallest absolute Gasteiger partial charge is 0.314 e. The van der Waals surface area contributed by atoms with Crippen molar-refractivity contribution in [2.45, 2.75) is 45.1 Å². The summed E-state index contributed by atoms with van der Waals surface area (Å²) in [5, 5.41) is 15.1. The topological polar surface area (TPSA) is 61.4 Å². The van der Waals surface area contributed by atoms with Crippen LogP contribution in [0.2, 0.25) is 0 Å². The van der Waals surface area contributed by atoms with Crippen LogP contribution in [0, 0.1) is 5.92 Å². The lowest BCUT2D eigenvalue weighted by Gasteiger charge is -2.15. The molecule has 0 bridgehead atoms. The molecular formula is C11H22N2O2. The Hall–Kier alpha value is -0.770. The molecule has 0 aromatic rings. The fourth-order valence-electron chi connectivity index (χ4n) is 1.92. The number of urea groups is 1. The maximum Gasteiger partial charge on any atom is 0.314 e. The average molecular weight is 214 g/mol. The van der Waals surface area contributed by atoms with Gasteiger partial charge in [-0.2, -0.15) is 0 Å². The van der Waals surface area contributed by atoms with Gasteiger partial charge in [0.25, 0.3) is 0 Å². The number of aliphatic hydroxyl groups excluding tert-OH is 1. The summed E-state index contributed by atoms with van der Waals surface area (Å²) in [7, 11) is 0. The molecule has 0 spiro atoms. The molecular weight excluding hydrogens is 192 g/mol. The first-order chi connectivity index (χ1) is 7.24. The number of unbranched alkanes of at least 4 members (excludes halogenated alkanes) is 1. The molecule has 88 valence electrons. The van der Waals surface area contributed by atoms with Crippen LogP contribution in [-0.4, -0.2) is 30.3 Å². The first kappa shape index (κ1) is 12.3. The highest BCUT2D eigenvalue weighted by molar-refractivity contribution is 5.73. The zero-order valence-electron chi connectivity index (χ0n) is 9.46. The van der Waals surface area contributed by atoms with Crippen LogP contribution < -0.4 is 10.6 Å². The molecule has 0 aliphatic heterocycles. The van der Waals surface area contributed by atoms with Crippen LogP contribution in [0.1, 0.15) is 39.0 Å². The lowest BCUT2D eigenvalue weighted by molar-refractivity contribution is 0.132. The highest BCUT2D eigenvalue weighted by atomic mass is 16.3. The maximum atomic E-state index is 11.3. The van der Waals surface area contributed by atoms with Gasteiger partial charge in [0, 0.05) is 19.0 Å². The predicted octanol–water partition coefficient (Wildman–Crippen LogP) is 1.25. The van der Waals surface area contributed by atoms with Crippen LogP contribution in [0.25, 0.3) is 0 Å². The lowest BCUT2D eigenvalue weighted by atomic mass is 10.1. The molecule has 1 aliphatic carbocycles. The van der Waals surface area contributed by atoms with E-state index in [1.165, 1.54) is 0 Å². The van der Waals surface area contributed by atoms with Crippen LogP contribution in [-0.2, 0) is 0 Å². The second-order valence-electron chi connectivity index (χ2n) is 4.25. The van der Waals surface area contributed by atoms with Gasteiger partial charge < -0.3 is 15.7 Å². The fourth-order valence-corrected chi connectivity index (χ4v) is 1.92. The van der Waals surface area contributed by atoms with E-state index in [0.29, 0.717) is 6.54 Å². The predicted molar refractivity (Wildman–Crippen MR) is 59.7 cm³/mol. The molecule has 1 rings (SSSR count). The van der Waals surface area contributed by atoms with Gasteiger partial charge in [0.15, 0.2) is 0 Å². The number of nitrogens with one attached hydrogen (secondary N) is 2. The molecule has 0 saturated heterocycles. The third-order valence-electron chi connectivity index (χ3n) is 2.96. The van der Waals surface area contributed by atoms with Gasteiger partial charge in [-0.3, -0.25) is 0 Å². The Balaban J connectivity index is 2.05. The van der Waals surface area contributed by atoms with Crippen molar-refractivity contribution in [1.82, 2.24) is 10.6 Å². The Morgan fingerprint density at radius 1 is 1.40 bits per heavy atom. The molecule has 0 radical (unpaired) electrons. The van der Waals surface area contributed by atoms with Gasteiger partial charge in [0.2, 0.25) is 0 Å². The summed E-state index contributed by atoms with van der Waals surface area (Å²) in [6.45, 7) is 3.42. The lowest BCUT2D eigenvalue weighted by Crippen LogP contribution is -2.39. The van der Waals surface area contributed by atoms with Gasteiger partial charge in [-0.15, -0.1) is 0 Å². The van der Waals surface area contributed by atoms with Gasteiger partial charge in [-0.05, 0) is 19.3 Å². The van der Waals surface area contributed by atoms with Gasteiger partial charge in [0.05, 0.1) is 6.10 Å². The highest BCUT2D eigenvalue weighted by Gasteiger charge is 2.25. The second-order valence-corrected chi connectivity index (χ2v) is 4.25. The van der Waals surface area contributed by atoms with Crippen molar-refractivity contribution in [2.75, 3.05) is 13.1 Å². The third kappa shape index (κ3) is 4.51. The summed E-state index contributed by atoms with van der Waals surface area (Å²) in [5.41, 5.74) is 0. The van der Waals surface area contributed by atoms with Crippen LogP contribution in [0.5, 0.6) is 0 Å². The van der Waals surface area contributed by atoms with Gasteiger partial charge >= 0.3 is 6.03 Å². The van der Waals surface area contributed by atoms with E-state index in [1.807, 2.05) is 0 Å². The van der Waals surface area contributed by atoms with E-state index in [4.69, 9.17) is 0 Å². The van der Waals surface area contributed by atoms with E-state index < -0.39 is 0 Å². The number of aliphatic hydroxyl groups is 1. The van der Waals surface area contributed by atoms with Crippen molar-refractivity contribution in [3.8, 4) is 0 Å². The standard InChI is InChI=1S/C11H22N2O2/c1-2-3-7-12-11(15)13-8-9-5-4-6-10(9)14/h9-10,14H,2-8H2,1H3,(H2,12,13,15). The Labute approximate surface area is 91.4 Å². The van der Waals surface area contributed by atoms with E-state index in [1.54, 1.807) is 0 Å². The first-order valence-corrected chi connectivity index (χ1v) is 5.93. The van der Waals surface area contributed by atoms with Crippen molar-refractivity contribution in [3.05, 3.63) is 0 Å². The van der Waals surface area contributed by atoms with Crippen LogP contribution in [0.15, 0.2) is 0 Å². The van der Waals surface area contributed by atoms with Crippen LogP contribution >= 0.6 is 0 Å². The first-order valence-electron chi connectivity index (χ1n) is 5.93. The number of carbonyl (C=O) groups is 1. The number of rotatable bonds is 5. The highest BCUT2D eigenvalue weighted by Crippen LogP contribution is 2.24. The van der Waals surface area contributed by atoms with Gasteiger partial charge in [0.1, 0.15) is 0 Å². The maximum absolute atomic E-state index is 11.3. The Kier molecular flexibility index (Phi) is 5.47. The van der Waals surface area contributed by atoms with Crippen molar-refractivity contribution in [3.63, 3.8) is 0 Å². The molecule has 4 nitrogen and oxygen atoms in total. The Bertz CT molecular complexity index is 197. The van der Waals surface area contributed by atoms with Crippen LogP contribution in [0.3, 0.4) is 0 Å². The quantitative estimate of drug-likeness (QED) is 0.603. The summed E-state index contributed by atoms with van der Waals surface area (Å²) < 4.78 is 0. The third-order valence-corrected chi connectivity index (χ3v) is 2.96. The van der Waals surface area contributed by atoms with Gasteiger partial charge in [-0.1, -0.05) is 19.8 Å².